The van der Waals surface area contributed by atoms with Gasteiger partial charge in [0.05, 0.1) is 6.10 Å². The molecule has 0 saturated carbocycles. The SMILES string of the molecule is CCCCCCC(C)n1ccc2c1CCCC2O. The molecule has 2 atom stereocenters. The molecule has 0 aromatic carbocycles. The molecule has 0 amide bonds. The van der Waals surface area contributed by atoms with Crippen molar-refractivity contribution in [2.75, 3.05) is 0 Å². The van der Waals surface area contributed by atoms with Gasteiger partial charge in [0.1, 0.15) is 0 Å². The maximum Gasteiger partial charge on any atom is 0.0807 e. The third-order valence-corrected chi connectivity index (χ3v) is 4.26. The summed E-state index contributed by atoms with van der Waals surface area (Å²) in [6.45, 7) is 4.57. The highest BCUT2D eigenvalue weighted by Crippen LogP contribution is 2.32. The molecule has 1 aliphatic carbocycles. The number of aliphatic hydroxyl groups excluding tert-OH is 1. The summed E-state index contributed by atoms with van der Waals surface area (Å²) in [6.07, 6.45) is 11.8. The molecule has 102 valence electrons. The lowest BCUT2D eigenvalue weighted by atomic mass is 9.95. The van der Waals surface area contributed by atoms with E-state index in [1.54, 1.807) is 0 Å². The van der Waals surface area contributed by atoms with Crippen LogP contribution in [0.5, 0.6) is 0 Å². The van der Waals surface area contributed by atoms with Gasteiger partial charge in [-0.25, -0.2) is 0 Å². The lowest BCUT2D eigenvalue weighted by molar-refractivity contribution is 0.155. The lowest BCUT2D eigenvalue weighted by Gasteiger charge is -2.23. The van der Waals surface area contributed by atoms with Crippen molar-refractivity contribution in [2.24, 2.45) is 0 Å². The number of rotatable bonds is 6. The quantitative estimate of drug-likeness (QED) is 0.743. The van der Waals surface area contributed by atoms with Gasteiger partial charge in [-0.1, -0.05) is 32.6 Å². The second kappa shape index (κ2) is 6.42. The Bertz CT molecular complexity index is 369. The minimum absolute atomic E-state index is 0.220. The Morgan fingerprint density at radius 3 is 3.00 bits per heavy atom. The molecule has 18 heavy (non-hydrogen) atoms. The molecule has 0 aliphatic heterocycles. The average molecular weight is 249 g/mol. The molecule has 0 bridgehead atoms. The largest absolute Gasteiger partial charge is 0.388 e. The molecule has 0 radical (unpaired) electrons. The zero-order valence-electron chi connectivity index (χ0n) is 11.9. The highest BCUT2D eigenvalue weighted by molar-refractivity contribution is 5.27. The van der Waals surface area contributed by atoms with E-state index in [9.17, 15) is 5.11 Å². The van der Waals surface area contributed by atoms with Crippen LogP contribution in [0.4, 0.5) is 0 Å². The van der Waals surface area contributed by atoms with Gasteiger partial charge in [0.15, 0.2) is 0 Å². The van der Waals surface area contributed by atoms with Gasteiger partial charge in [-0.15, -0.1) is 0 Å². The Kier molecular flexibility index (Phi) is 4.87. The summed E-state index contributed by atoms with van der Waals surface area (Å²) >= 11 is 0. The number of aliphatic hydroxyl groups is 1. The maximum absolute atomic E-state index is 9.99. The fraction of sp³-hybridized carbons (Fsp3) is 0.750. The highest BCUT2D eigenvalue weighted by Gasteiger charge is 2.22. The number of hydrogen-bond donors (Lipinski definition) is 1. The van der Waals surface area contributed by atoms with Crippen LogP contribution in [0.2, 0.25) is 0 Å². The fourth-order valence-electron chi connectivity index (χ4n) is 3.11. The topological polar surface area (TPSA) is 25.2 Å². The first kappa shape index (κ1) is 13.7. The molecule has 2 rings (SSSR count). The Balaban J connectivity index is 1.96. The van der Waals surface area contributed by atoms with Crippen LogP contribution in [0, 0.1) is 0 Å². The van der Waals surface area contributed by atoms with Crippen LogP contribution in [0.15, 0.2) is 12.3 Å². The summed E-state index contributed by atoms with van der Waals surface area (Å²) in [5, 5.41) is 9.99. The van der Waals surface area contributed by atoms with Gasteiger partial charge in [0.25, 0.3) is 0 Å². The van der Waals surface area contributed by atoms with Crippen LogP contribution in [-0.4, -0.2) is 9.67 Å². The van der Waals surface area contributed by atoms with E-state index in [4.69, 9.17) is 0 Å². The first-order valence-electron chi connectivity index (χ1n) is 7.61. The third kappa shape index (κ3) is 2.97. The van der Waals surface area contributed by atoms with E-state index < -0.39 is 0 Å². The molecule has 0 saturated heterocycles. The zero-order valence-corrected chi connectivity index (χ0v) is 11.9. The number of nitrogens with zero attached hydrogens (tertiary/aromatic N) is 1. The molecule has 2 unspecified atom stereocenters. The molecule has 1 N–H and O–H groups in total. The van der Waals surface area contributed by atoms with Crippen molar-refractivity contribution in [3.8, 4) is 0 Å². The van der Waals surface area contributed by atoms with Crippen LogP contribution in [0.1, 0.15) is 82.2 Å². The van der Waals surface area contributed by atoms with Gasteiger partial charge in [-0.2, -0.15) is 0 Å². The molecule has 0 spiro atoms. The Morgan fingerprint density at radius 2 is 2.22 bits per heavy atom. The van der Waals surface area contributed by atoms with E-state index in [0.29, 0.717) is 6.04 Å². The van der Waals surface area contributed by atoms with Crippen molar-refractivity contribution in [3.05, 3.63) is 23.5 Å². The van der Waals surface area contributed by atoms with Gasteiger partial charge in [-0.05, 0) is 38.7 Å². The van der Waals surface area contributed by atoms with Crippen LogP contribution in [0.3, 0.4) is 0 Å². The summed E-state index contributed by atoms with van der Waals surface area (Å²) in [5.74, 6) is 0. The Labute approximate surface area is 111 Å². The van der Waals surface area contributed by atoms with Gasteiger partial charge in [-0.3, -0.25) is 0 Å². The van der Waals surface area contributed by atoms with Crippen LogP contribution >= 0.6 is 0 Å². The van der Waals surface area contributed by atoms with E-state index in [0.717, 1.165) is 19.3 Å². The minimum Gasteiger partial charge on any atom is -0.388 e. The van der Waals surface area contributed by atoms with Crippen molar-refractivity contribution in [1.82, 2.24) is 4.57 Å². The standard InChI is InChI=1S/C16H27NO/c1-3-4-5-6-8-13(2)17-12-11-14-15(17)9-7-10-16(14)18/h11-13,16,18H,3-10H2,1-2H3. The van der Waals surface area contributed by atoms with Gasteiger partial charge in [0.2, 0.25) is 0 Å². The number of unbranched alkanes of at least 4 members (excludes halogenated alkanes) is 3. The smallest absolute Gasteiger partial charge is 0.0807 e. The summed E-state index contributed by atoms with van der Waals surface area (Å²) in [6, 6.07) is 2.71. The molecule has 1 aromatic rings. The fourth-order valence-corrected chi connectivity index (χ4v) is 3.11. The lowest BCUT2D eigenvalue weighted by Crippen LogP contribution is -2.14. The maximum atomic E-state index is 9.99. The summed E-state index contributed by atoms with van der Waals surface area (Å²) in [5.41, 5.74) is 2.57. The average Bonchev–Trinajstić information content (AvgIpc) is 2.80. The van der Waals surface area contributed by atoms with E-state index in [1.165, 1.54) is 43.4 Å². The summed E-state index contributed by atoms with van der Waals surface area (Å²) in [4.78, 5) is 0. The van der Waals surface area contributed by atoms with Crippen LogP contribution in [0.25, 0.3) is 0 Å². The molecule has 0 fully saturated rings. The van der Waals surface area contributed by atoms with E-state index >= 15 is 0 Å². The molecule has 1 heterocycles. The Hall–Kier alpha value is -0.760. The number of fused-ring (bicyclic) bond motifs is 1. The van der Waals surface area contributed by atoms with Crippen molar-refractivity contribution in [2.45, 2.75) is 77.4 Å². The molecular weight excluding hydrogens is 222 g/mol. The molecule has 2 heteroatoms. The summed E-state index contributed by atoms with van der Waals surface area (Å²) < 4.78 is 2.41. The van der Waals surface area contributed by atoms with Crippen molar-refractivity contribution in [3.63, 3.8) is 0 Å². The van der Waals surface area contributed by atoms with E-state index in [1.807, 2.05) is 0 Å². The van der Waals surface area contributed by atoms with Gasteiger partial charge >= 0.3 is 0 Å². The second-order valence-electron chi connectivity index (χ2n) is 5.73. The van der Waals surface area contributed by atoms with Gasteiger partial charge in [0, 0.05) is 23.5 Å². The Morgan fingerprint density at radius 1 is 1.39 bits per heavy atom. The number of hydrogen-bond acceptors (Lipinski definition) is 1. The van der Waals surface area contributed by atoms with Crippen LogP contribution in [-0.2, 0) is 6.42 Å². The second-order valence-corrected chi connectivity index (χ2v) is 5.73. The molecule has 2 nitrogen and oxygen atoms in total. The number of aromatic nitrogens is 1. The first-order valence-corrected chi connectivity index (χ1v) is 7.61. The van der Waals surface area contributed by atoms with Crippen LogP contribution < -0.4 is 0 Å². The molecule has 1 aliphatic rings. The monoisotopic (exact) mass is 249 g/mol. The van der Waals surface area contributed by atoms with Gasteiger partial charge < -0.3 is 9.67 Å². The zero-order chi connectivity index (χ0) is 13.0. The van der Waals surface area contributed by atoms with Crippen molar-refractivity contribution >= 4 is 0 Å². The van der Waals surface area contributed by atoms with Crippen molar-refractivity contribution in [1.29, 1.82) is 0 Å². The van der Waals surface area contributed by atoms with Crippen molar-refractivity contribution < 1.29 is 5.11 Å². The third-order valence-electron chi connectivity index (χ3n) is 4.26. The van der Waals surface area contributed by atoms with E-state index in [2.05, 4.69) is 30.7 Å². The summed E-state index contributed by atoms with van der Waals surface area (Å²) in [7, 11) is 0. The predicted molar refractivity (Wildman–Crippen MR) is 75.8 cm³/mol. The minimum atomic E-state index is -0.220. The molecular formula is C16H27NO. The van der Waals surface area contributed by atoms with E-state index in [-0.39, 0.29) is 6.10 Å². The predicted octanol–water partition coefficient (Wildman–Crippen LogP) is 4.39. The molecule has 1 aromatic heterocycles. The highest BCUT2D eigenvalue weighted by atomic mass is 16.3. The first-order chi connectivity index (χ1) is 8.74. The normalized spacial score (nSPS) is 20.7.